The van der Waals surface area contributed by atoms with E-state index in [0.717, 1.165) is 11.3 Å². The molecule has 0 saturated heterocycles. The minimum absolute atomic E-state index is 0. The zero-order chi connectivity index (χ0) is 9.97. The Morgan fingerprint density at radius 3 is 2.53 bits per heavy atom. The fraction of sp³-hybridized carbons (Fsp3) is 0.167. The van der Waals surface area contributed by atoms with E-state index in [2.05, 4.69) is 12.1 Å². The summed E-state index contributed by atoms with van der Waals surface area (Å²) in [5, 5.41) is 2.38. The highest BCUT2D eigenvalue weighted by Crippen LogP contribution is 2.27. The largest absolute Gasteiger partial charge is 0.496 e. The molecule has 0 aliphatic rings. The third-order valence-electron chi connectivity index (χ3n) is 2.42. The van der Waals surface area contributed by atoms with Crippen molar-refractivity contribution in [1.29, 1.82) is 0 Å². The second-order valence-electron chi connectivity index (χ2n) is 3.17. The summed E-state index contributed by atoms with van der Waals surface area (Å²) in [6.45, 7) is 0.504. The lowest BCUT2D eigenvalue weighted by Crippen LogP contribution is -2.00. The molecule has 0 bridgehead atoms. The van der Waals surface area contributed by atoms with Gasteiger partial charge in [-0.25, -0.2) is 0 Å². The van der Waals surface area contributed by atoms with Gasteiger partial charge in [0.25, 0.3) is 0 Å². The number of methoxy groups -OCH3 is 1. The Morgan fingerprint density at radius 1 is 1.13 bits per heavy atom. The fourth-order valence-corrected chi connectivity index (χ4v) is 1.72. The summed E-state index contributed by atoms with van der Waals surface area (Å²) in [6.07, 6.45) is 0. The molecule has 0 radical (unpaired) electrons. The molecule has 15 heavy (non-hydrogen) atoms. The molecule has 0 aliphatic carbocycles. The average molecular weight is 224 g/mol. The molecule has 2 N–H and O–H groups in total. The first-order chi connectivity index (χ1) is 6.86. The monoisotopic (exact) mass is 223 g/mol. The van der Waals surface area contributed by atoms with E-state index in [4.69, 9.17) is 10.5 Å². The Kier molecular flexibility index (Phi) is 3.95. The van der Waals surface area contributed by atoms with Crippen molar-refractivity contribution >= 4 is 23.2 Å². The van der Waals surface area contributed by atoms with Crippen LogP contribution in [0.4, 0.5) is 0 Å². The molecule has 0 aliphatic heterocycles. The van der Waals surface area contributed by atoms with E-state index in [1.807, 2.05) is 24.3 Å². The SMILES string of the molecule is COc1ccc2ccccc2c1CN.Cl. The van der Waals surface area contributed by atoms with Gasteiger partial charge >= 0.3 is 0 Å². The smallest absolute Gasteiger partial charge is 0.123 e. The van der Waals surface area contributed by atoms with Crippen molar-refractivity contribution in [3.05, 3.63) is 42.0 Å². The van der Waals surface area contributed by atoms with E-state index >= 15 is 0 Å². The van der Waals surface area contributed by atoms with Gasteiger partial charge < -0.3 is 10.5 Å². The highest BCUT2D eigenvalue weighted by molar-refractivity contribution is 5.87. The Balaban J connectivity index is 0.00000112. The second kappa shape index (κ2) is 5.01. The molecule has 2 aromatic carbocycles. The van der Waals surface area contributed by atoms with E-state index < -0.39 is 0 Å². The van der Waals surface area contributed by atoms with E-state index in [9.17, 15) is 0 Å². The van der Waals surface area contributed by atoms with Crippen LogP contribution in [0.2, 0.25) is 0 Å². The van der Waals surface area contributed by atoms with Gasteiger partial charge in [0.05, 0.1) is 7.11 Å². The van der Waals surface area contributed by atoms with Crippen LogP contribution in [-0.2, 0) is 6.54 Å². The summed E-state index contributed by atoms with van der Waals surface area (Å²) in [5.41, 5.74) is 6.79. The van der Waals surface area contributed by atoms with Crippen molar-refractivity contribution in [3.8, 4) is 5.75 Å². The highest BCUT2D eigenvalue weighted by atomic mass is 35.5. The predicted molar refractivity (Wildman–Crippen MR) is 65.6 cm³/mol. The van der Waals surface area contributed by atoms with Crippen LogP contribution in [0, 0.1) is 0 Å². The number of hydrogen-bond donors (Lipinski definition) is 1. The molecule has 2 aromatic rings. The third-order valence-corrected chi connectivity index (χ3v) is 2.42. The molecule has 0 spiro atoms. The van der Waals surface area contributed by atoms with Crippen molar-refractivity contribution < 1.29 is 4.74 Å². The quantitative estimate of drug-likeness (QED) is 0.850. The number of fused-ring (bicyclic) bond motifs is 1. The minimum Gasteiger partial charge on any atom is -0.496 e. The maximum Gasteiger partial charge on any atom is 0.123 e. The number of benzene rings is 2. The molecule has 0 fully saturated rings. The Labute approximate surface area is 95.4 Å². The summed E-state index contributed by atoms with van der Waals surface area (Å²) >= 11 is 0. The van der Waals surface area contributed by atoms with Gasteiger partial charge in [-0.1, -0.05) is 30.3 Å². The molecule has 0 amide bonds. The lowest BCUT2D eigenvalue weighted by atomic mass is 10.0. The third kappa shape index (κ3) is 2.06. The van der Waals surface area contributed by atoms with Crippen LogP contribution in [0.1, 0.15) is 5.56 Å². The van der Waals surface area contributed by atoms with Crippen molar-refractivity contribution in [2.24, 2.45) is 5.73 Å². The Morgan fingerprint density at radius 2 is 1.87 bits per heavy atom. The van der Waals surface area contributed by atoms with E-state index in [1.165, 1.54) is 10.8 Å². The van der Waals surface area contributed by atoms with Gasteiger partial charge in [-0.3, -0.25) is 0 Å². The number of halogens is 1. The van der Waals surface area contributed by atoms with Crippen LogP contribution >= 0.6 is 12.4 Å². The van der Waals surface area contributed by atoms with E-state index in [1.54, 1.807) is 7.11 Å². The number of nitrogens with two attached hydrogens (primary N) is 1. The maximum atomic E-state index is 5.71. The van der Waals surface area contributed by atoms with Crippen LogP contribution in [0.15, 0.2) is 36.4 Å². The fourth-order valence-electron chi connectivity index (χ4n) is 1.72. The van der Waals surface area contributed by atoms with Crippen LogP contribution in [0.25, 0.3) is 10.8 Å². The van der Waals surface area contributed by atoms with Crippen molar-refractivity contribution in [1.82, 2.24) is 0 Å². The number of rotatable bonds is 2. The van der Waals surface area contributed by atoms with Crippen LogP contribution < -0.4 is 10.5 Å². The van der Waals surface area contributed by atoms with E-state index in [0.29, 0.717) is 6.54 Å². The summed E-state index contributed by atoms with van der Waals surface area (Å²) in [6, 6.07) is 12.2. The van der Waals surface area contributed by atoms with E-state index in [-0.39, 0.29) is 12.4 Å². The topological polar surface area (TPSA) is 35.2 Å². The zero-order valence-electron chi connectivity index (χ0n) is 8.57. The van der Waals surface area contributed by atoms with Gasteiger partial charge in [-0.05, 0) is 16.8 Å². The van der Waals surface area contributed by atoms with Gasteiger partial charge in [0.15, 0.2) is 0 Å². The van der Waals surface area contributed by atoms with Crippen LogP contribution in [0.5, 0.6) is 5.75 Å². The molecular weight excluding hydrogens is 210 g/mol. The number of ether oxygens (including phenoxy) is 1. The van der Waals surface area contributed by atoms with Crippen molar-refractivity contribution in [3.63, 3.8) is 0 Å². The molecule has 0 atom stereocenters. The Bertz CT molecular complexity index is 456. The van der Waals surface area contributed by atoms with Crippen LogP contribution in [0.3, 0.4) is 0 Å². The van der Waals surface area contributed by atoms with Crippen molar-refractivity contribution in [2.75, 3.05) is 7.11 Å². The molecule has 0 heterocycles. The summed E-state index contributed by atoms with van der Waals surface area (Å²) in [5.74, 6) is 0.867. The maximum absolute atomic E-state index is 5.71. The minimum atomic E-state index is 0. The molecular formula is C12H14ClNO. The van der Waals surface area contributed by atoms with Gasteiger partial charge in [-0.15, -0.1) is 12.4 Å². The molecule has 0 aromatic heterocycles. The standard InChI is InChI=1S/C12H13NO.ClH/c1-14-12-7-6-9-4-2-3-5-10(9)11(12)8-13;/h2-7H,8,13H2,1H3;1H. The molecule has 3 heteroatoms. The van der Waals surface area contributed by atoms with Crippen LogP contribution in [-0.4, -0.2) is 7.11 Å². The lowest BCUT2D eigenvalue weighted by molar-refractivity contribution is 0.410. The number of hydrogen-bond acceptors (Lipinski definition) is 2. The van der Waals surface area contributed by atoms with Gasteiger partial charge in [0.1, 0.15) is 5.75 Å². The Hall–Kier alpha value is -1.25. The molecule has 2 rings (SSSR count). The molecule has 0 saturated carbocycles. The van der Waals surface area contributed by atoms with Gasteiger partial charge in [0.2, 0.25) is 0 Å². The first-order valence-corrected chi connectivity index (χ1v) is 4.61. The normalized spacial score (nSPS) is 9.73. The summed E-state index contributed by atoms with van der Waals surface area (Å²) in [7, 11) is 1.67. The first kappa shape index (κ1) is 11.8. The zero-order valence-corrected chi connectivity index (χ0v) is 9.38. The molecule has 0 unspecified atom stereocenters. The second-order valence-corrected chi connectivity index (χ2v) is 3.17. The highest BCUT2D eigenvalue weighted by Gasteiger charge is 2.05. The average Bonchev–Trinajstić information content (AvgIpc) is 2.27. The van der Waals surface area contributed by atoms with Gasteiger partial charge in [-0.2, -0.15) is 0 Å². The molecule has 80 valence electrons. The summed E-state index contributed by atoms with van der Waals surface area (Å²) in [4.78, 5) is 0. The lowest BCUT2D eigenvalue weighted by Gasteiger charge is -2.09. The summed E-state index contributed by atoms with van der Waals surface area (Å²) < 4.78 is 5.26. The molecule has 2 nitrogen and oxygen atoms in total. The van der Waals surface area contributed by atoms with Gasteiger partial charge in [0, 0.05) is 12.1 Å². The first-order valence-electron chi connectivity index (χ1n) is 4.61. The predicted octanol–water partition coefficient (Wildman–Crippen LogP) is 2.73. The van der Waals surface area contributed by atoms with Crippen molar-refractivity contribution in [2.45, 2.75) is 6.54 Å².